The van der Waals surface area contributed by atoms with Crippen LogP contribution in [0.4, 0.5) is 0 Å². The Balaban J connectivity index is 1.35. The maximum Gasteiger partial charge on any atom is 0.335 e. The molecule has 0 spiro atoms. The molecule has 6 rings (SSSR count). The molecule has 9 atom stereocenters. The van der Waals surface area contributed by atoms with E-state index < -0.39 is 5.97 Å². The van der Waals surface area contributed by atoms with Crippen LogP contribution in [-0.4, -0.2) is 23.2 Å². The lowest BCUT2D eigenvalue weighted by molar-refractivity contribution is -0.219. The summed E-state index contributed by atoms with van der Waals surface area (Å²) in [6.45, 7) is 23.4. The van der Waals surface area contributed by atoms with Gasteiger partial charge in [0.05, 0.1) is 5.56 Å². The molecule has 3 heteroatoms. The van der Waals surface area contributed by atoms with Crippen molar-refractivity contribution in [3.05, 3.63) is 53.6 Å². The molecule has 0 aromatic heterocycles. The molecule has 0 unspecified atom stereocenters. The Morgan fingerprint density at radius 2 is 1.64 bits per heavy atom. The van der Waals surface area contributed by atoms with Crippen LogP contribution in [0.2, 0.25) is 0 Å². The molecule has 0 bridgehead atoms. The van der Waals surface area contributed by atoms with Crippen molar-refractivity contribution in [2.75, 3.05) is 6.54 Å². The van der Waals surface area contributed by atoms with Crippen molar-refractivity contribution in [2.24, 2.45) is 51.2 Å². The maximum atomic E-state index is 11.5. The van der Waals surface area contributed by atoms with Gasteiger partial charge in [-0.3, -0.25) is 0 Å². The average molecular weight is 572 g/mol. The molecule has 1 aromatic rings. The summed E-state index contributed by atoms with van der Waals surface area (Å²) < 4.78 is 0. The van der Waals surface area contributed by atoms with Gasteiger partial charge in [0, 0.05) is 5.54 Å². The van der Waals surface area contributed by atoms with Crippen LogP contribution in [0.5, 0.6) is 0 Å². The SMILES string of the molecule is C=C(C)[C@@H]1CC[C@]2(NCCC)CC[C@]3(C)[C@H](CC[C@@H]4[C@@]5(C)CC=C(c6ccc(C(=O)O)cc6)C(C)(C)[C@@H]5CC[C@]43C)[C@@H]12. The molecule has 0 heterocycles. The molecule has 4 saturated carbocycles. The van der Waals surface area contributed by atoms with Gasteiger partial charge < -0.3 is 10.4 Å². The number of carbonyl (C=O) groups is 1. The van der Waals surface area contributed by atoms with Crippen LogP contribution in [0.1, 0.15) is 129 Å². The highest BCUT2D eigenvalue weighted by atomic mass is 16.4. The maximum absolute atomic E-state index is 11.5. The highest BCUT2D eigenvalue weighted by molar-refractivity contribution is 5.88. The lowest BCUT2D eigenvalue weighted by atomic mass is 9.33. The number of nitrogens with one attached hydrogen (secondary N) is 1. The first-order valence-electron chi connectivity index (χ1n) is 17.2. The fraction of sp³-hybridized carbons (Fsp3) is 0.718. The van der Waals surface area contributed by atoms with E-state index in [4.69, 9.17) is 0 Å². The van der Waals surface area contributed by atoms with Crippen molar-refractivity contribution in [1.82, 2.24) is 5.32 Å². The summed E-state index contributed by atoms with van der Waals surface area (Å²) >= 11 is 0. The van der Waals surface area contributed by atoms with Crippen molar-refractivity contribution < 1.29 is 9.90 Å². The van der Waals surface area contributed by atoms with Crippen LogP contribution < -0.4 is 5.32 Å². The summed E-state index contributed by atoms with van der Waals surface area (Å²) in [5, 5.41) is 13.6. The van der Waals surface area contributed by atoms with Gasteiger partial charge in [0.1, 0.15) is 0 Å². The predicted octanol–water partition coefficient (Wildman–Crippen LogP) is 9.79. The fourth-order valence-corrected chi connectivity index (χ4v) is 12.7. The van der Waals surface area contributed by atoms with Gasteiger partial charge >= 0.3 is 5.97 Å². The minimum Gasteiger partial charge on any atom is -0.478 e. The van der Waals surface area contributed by atoms with E-state index in [2.05, 4.69) is 66.4 Å². The van der Waals surface area contributed by atoms with E-state index in [1.54, 1.807) is 12.1 Å². The van der Waals surface area contributed by atoms with Gasteiger partial charge in [0.15, 0.2) is 0 Å². The number of benzene rings is 1. The first-order chi connectivity index (χ1) is 19.7. The molecular weight excluding hydrogens is 514 g/mol. The minimum absolute atomic E-state index is 0.0547. The molecule has 0 aliphatic heterocycles. The Bertz CT molecular complexity index is 1280. The summed E-state index contributed by atoms with van der Waals surface area (Å²) in [5.41, 5.74) is 5.79. The van der Waals surface area contributed by atoms with E-state index in [-0.39, 0.29) is 10.8 Å². The summed E-state index contributed by atoms with van der Waals surface area (Å²) in [6.07, 6.45) is 15.6. The average Bonchev–Trinajstić information content (AvgIpc) is 3.32. The second kappa shape index (κ2) is 10.1. The Morgan fingerprint density at radius 1 is 0.929 bits per heavy atom. The normalized spacial score (nSPS) is 43.8. The third kappa shape index (κ3) is 4.04. The van der Waals surface area contributed by atoms with Gasteiger partial charge in [-0.1, -0.05) is 71.9 Å². The Labute approximate surface area is 256 Å². The van der Waals surface area contributed by atoms with E-state index in [1.165, 1.54) is 74.5 Å². The number of carboxylic acids is 1. The van der Waals surface area contributed by atoms with Gasteiger partial charge in [-0.15, -0.1) is 0 Å². The first-order valence-corrected chi connectivity index (χ1v) is 17.2. The quantitative estimate of drug-likeness (QED) is 0.334. The second-order valence-electron chi connectivity index (χ2n) is 16.7. The van der Waals surface area contributed by atoms with Crippen LogP contribution in [0.15, 0.2) is 42.5 Å². The Morgan fingerprint density at radius 3 is 2.29 bits per heavy atom. The molecule has 42 heavy (non-hydrogen) atoms. The van der Waals surface area contributed by atoms with Gasteiger partial charge in [-0.2, -0.15) is 0 Å². The van der Waals surface area contributed by atoms with E-state index in [0.29, 0.717) is 33.8 Å². The number of hydrogen-bond donors (Lipinski definition) is 2. The monoisotopic (exact) mass is 571 g/mol. The zero-order valence-corrected chi connectivity index (χ0v) is 27.6. The van der Waals surface area contributed by atoms with Gasteiger partial charge in [-0.25, -0.2) is 4.79 Å². The molecule has 5 aliphatic rings. The molecule has 0 amide bonds. The molecule has 0 saturated heterocycles. The van der Waals surface area contributed by atoms with E-state index in [9.17, 15) is 9.90 Å². The molecule has 1 aromatic carbocycles. The molecule has 4 fully saturated rings. The molecular formula is C39H57NO2. The first kappa shape index (κ1) is 30.2. The van der Waals surface area contributed by atoms with Crippen LogP contribution >= 0.6 is 0 Å². The van der Waals surface area contributed by atoms with Gasteiger partial charge in [0.2, 0.25) is 0 Å². The third-order valence-electron chi connectivity index (χ3n) is 14.8. The van der Waals surface area contributed by atoms with Crippen LogP contribution in [0.25, 0.3) is 5.57 Å². The van der Waals surface area contributed by atoms with Crippen LogP contribution in [0.3, 0.4) is 0 Å². The third-order valence-corrected chi connectivity index (χ3v) is 14.8. The lowest BCUT2D eigenvalue weighted by Crippen LogP contribution is -2.68. The molecule has 5 aliphatic carbocycles. The molecule has 2 N–H and O–H groups in total. The summed E-state index contributed by atoms with van der Waals surface area (Å²) in [4.78, 5) is 11.5. The van der Waals surface area contributed by atoms with Gasteiger partial charge in [0.25, 0.3) is 0 Å². The van der Waals surface area contributed by atoms with E-state index in [1.807, 2.05) is 12.1 Å². The Kier molecular flexibility index (Phi) is 7.24. The van der Waals surface area contributed by atoms with Crippen molar-refractivity contribution in [2.45, 2.75) is 118 Å². The molecule has 230 valence electrons. The summed E-state index contributed by atoms with van der Waals surface area (Å²) in [7, 11) is 0. The second-order valence-corrected chi connectivity index (χ2v) is 16.7. The number of carboxylic acid groups (broad SMARTS) is 1. The molecule has 3 nitrogen and oxygen atoms in total. The topological polar surface area (TPSA) is 49.3 Å². The largest absolute Gasteiger partial charge is 0.478 e. The number of allylic oxidation sites excluding steroid dienone is 3. The highest BCUT2D eigenvalue weighted by Crippen LogP contribution is 2.76. The van der Waals surface area contributed by atoms with Crippen molar-refractivity contribution >= 4 is 11.5 Å². The number of fused-ring (bicyclic) bond motifs is 7. The van der Waals surface area contributed by atoms with E-state index in [0.717, 1.165) is 30.7 Å². The minimum atomic E-state index is -0.852. The van der Waals surface area contributed by atoms with E-state index >= 15 is 0 Å². The van der Waals surface area contributed by atoms with Gasteiger partial charge in [-0.05, 0) is 152 Å². The fourth-order valence-electron chi connectivity index (χ4n) is 12.7. The van der Waals surface area contributed by atoms with Crippen LogP contribution in [0, 0.1) is 51.2 Å². The molecule has 0 radical (unpaired) electrons. The van der Waals surface area contributed by atoms with Crippen LogP contribution in [-0.2, 0) is 0 Å². The number of aromatic carboxylic acids is 1. The van der Waals surface area contributed by atoms with Crippen molar-refractivity contribution in [1.29, 1.82) is 0 Å². The zero-order chi connectivity index (χ0) is 30.3. The zero-order valence-electron chi connectivity index (χ0n) is 27.6. The Hall–Kier alpha value is -1.87. The summed E-state index contributed by atoms with van der Waals surface area (Å²) in [5.74, 6) is 2.68. The number of rotatable bonds is 6. The predicted molar refractivity (Wildman–Crippen MR) is 174 cm³/mol. The number of hydrogen-bond acceptors (Lipinski definition) is 2. The van der Waals surface area contributed by atoms with Crippen molar-refractivity contribution in [3.63, 3.8) is 0 Å². The standard InChI is InChI=1S/C39H57NO2/c1-9-24-40-39-21-16-28(25(2)3)33(39)30-14-15-32-36(6)19-17-29(26-10-12-27(13-11-26)34(41)42)35(4,5)31(36)18-20-38(32,8)37(30,7)22-23-39/h10-13,17,28,30-33,40H,2,9,14-16,18-24H2,1,3-8H3,(H,41,42)/t28-,30+,31-,32+,33+,36-,37+,38+,39-/m0/s1. The summed E-state index contributed by atoms with van der Waals surface area (Å²) in [6, 6.07) is 7.64. The lowest BCUT2D eigenvalue weighted by Gasteiger charge is -2.72. The smallest absolute Gasteiger partial charge is 0.335 e. The van der Waals surface area contributed by atoms with Crippen molar-refractivity contribution in [3.8, 4) is 0 Å². The highest BCUT2D eigenvalue weighted by Gasteiger charge is 2.70.